The van der Waals surface area contributed by atoms with Gasteiger partial charge >= 0.3 is 0 Å². The Morgan fingerprint density at radius 3 is 2.71 bits per heavy atom. The highest BCUT2D eigenvalue weighted by Crippen LogP contribution is 2.36. The number of piperidine rings is 1. The largest absolute Gasteiger partial charge is 0.356 e. The van der Waals surface area contributed by atoms with E-state index in [1.165, 1.54) is 31.4 Å². The van der Waals surface area contributed by atoms with Crippen LogP contribution in [0.3, 0.4) is 0 Å². The third-order valence-corrected chi connectivity index (χ3v) is 7.51. The van der Waals surface area contributed by atoms with Crippen LogP contribution in [0.5, 0.6) is 0 Å². The van der Waals surface area contributed by atoms with Crippen LogP contribution < -0.4 is 5.32 Å². The molecule has 0 bridgehead atoms. The minimum Gasteiger partial charge on any atom is -0.356 e. The summed E-state index contributed by atoms with van der Waals surface area (Å²) in [7, 11) is 0. The van der Waals surface area contributed by atoms with Crippen molar-refractivity contribution in [1.29, 1.82) is 0 Å². The van der Waals surface area contributed by atoms with Gasteiger partial charge in [-0.1, -0.05) is 41.9 Å². The number of hydrogen-bond donors (Lipinski definition) is 1. The zero-order valence-corrected chi connectivity index (χ0v) is 19.5. The second-order valence-corrected chi connectivity index (χ2v) is 9.72. The predicted molar refractivity (Wildman–Crippen MR) is 132 cm³/mol. The van der Waals surface area contributed by atoms with Gasteiger partial charge < -0.3 is 14.7 Å². The Labute approximate surface area is 200 Å². The van der Waals surface area contributed by atoms with Crippen LogP contribution in [-0.2, 0) is 4.79 Å². The number of hydrogen-bond acceptors (Lipinski definition) is 4. The van der Waals surface area contributed by atoms with Crippen molar-refractivity contribution in [3.05, 3.63) is 71.7 Å². The predicted octanol–water partition coefficient (Wildman–Crippen LogP) is 5.39. The third kappa shape index (κ3) is 5.39. The molecule has 1 saturated heterocycles. The fourth-order valence-corrected chi connectivity index (χ4v) is 5.60. The molecule has 1 saturated carbocycles. The molecule has 1 N–H and O–H groups in total. The normalized spacial score (nSPS) is 22.0. The second-order valence-electron chi connectivity index (χ2n) is 9.72. The first-order valence-electron chi connectivity index (χ1n) is 12.4. The van der Waals surface area contributed by atoms with E-state index in [9.17, 15) is 9.18 Å². The third-order valence-electron chi connectivity index (χ3n) is 7.51. The number of halogens is 1. The van der Waals surface area contributed by atoms with Gasteiger partial charge in [0, 0.05) is 36.5 Å². The quantitative estimate of drug-likeness (QED) is 0.479. The van der Waals surface area contributed by atoms with Crippen molar-refractivity contribution in [3.63, 3.8) is 0 Å². The molecule has 1 aliphatic heterocycles. The van der Waals surface area contributed by atoms with Crippen molar-refractivity contribution < 1.29 is 13.7 Å². The number of carbonyl (C=O) groups is 1. The van der Waals surface area contributed by atoms with Gasteiger partial charge in [-0.15, -0.1) is 0 Å². The van der Waals surface area contributed by atoms with Crippen LogP contribution in [0.15, 0.2) is 59.1 Å². The van der Waals surface area contributed by atoms with E-state index in [-0.39, 0.29) is 11.7 Å². The summed E-state index contributed by atoms with van der Waals surface area (Å²) in [4.78, 5) is 14.9. The molecule has 2 fully saturated rings. The molecule has 2 atom stereocenters. The molecule has 0 spiro atoms. The standard InChI is InChI=1S/C28H32FN3O2/c29-24-10-11-25-26(17-24)34-31-28(25)21-13-15-32(16-14-21)19-23-8-4-7-22(23)18-30-27(33)12-9-20-5-2-1-3-6-20/h1-3,5-6,9-12,17,21-23H,4,7-8,13-16,18-19H2,(H,30,33)/t22-,23-/m1/s1. The van der Waals surface area contributed by atoms with E-state index in [4.69, 9.17) is 4.52 Å². The SMILES string of the molecule is O=C(C=Cc1ccccc1)NC[C@H]1CCC[C@@H]1CN1CCC(c2noc3cc(F)ccc23)CC1. The van der Waals surface area contributed by atoms with E-state index in [1.54, 1.807) is 12.1 Å². The number of nitrogens with zero attached hydrogens (tertiary/aromatic N) is 2. The Balaban J connectivity index is 1.09. The minimum absolute atomic E-state index is 0.0185. The highest BCUT2D eigenvalue weighted by molar-refractivity contribution is 5.91. The fraction of sp³-hybridized carbons (Fsp3) is 0.429. The Morgan fingerprint density at radius 2 is 1.88 bits per heavy atom. The summed E-state index contributed by atoms with van der Waals surface area (Å²) >= 11 is 0. The Bertz CT molecular complexity index is 1140. The Kier molecular flexibility index (Phi) is 7.05. The lowest BCUT2D eigenvalue weighted by atomic mass is 9.89. The molecule has 1 aromatic heterocycles. The van der Waals surface area contributed by atoms with E-state index < -0.39 is 0 Å². The maximum Gasteiger partial charge on any atom is 0.244 e. The molecule has 1 amide bonds. The van der Waals surface area contributed by atoms with Gasteiger partial charge in [0.15, 0.2) is 5.58 Å². The number of amides is 1. The Hall–Kier alpha value is -2.99. The molecule has 178 valence electrons. The molecule has 5 rings (SSSR count). The number of aromatic nitrogens is 1. The maximum atomic E-state index is 13.5. The van der Waals surface area contributed by atoms with E-state index in [0.717, 1.165) is 55.7 Å². The molecule has 2 aromatic carbocycles. The highest BCUT2D eigenvalue weighted by atomic mass is 19.1. The first-order chi connectivity index (χ1) is 16.7. The monoisotopic (exact) mass is 461 g/mol. The number of benzene rings is 2. The molecular weight excluding hydrogens is 429 g/mol. The number of fused-ring (bicyclic) bond motifs is 1. The summed E-state index contributed by atoms with van der Waals surface area (Å²) in [5.41, 5.74) is 2.54. The lowest BCUT2D eigenvalue weighted by Crippen LogP contribution is -2.39. The van der Waals surface area contributed by atoms with Gasteiger partial charge in [0.25, 0.3) is 0 Å². The van der Waals surface area contributed by atoms with Crippen molar-refractivity contribution in [2.45, 2.75) is 38.0 Å². The van der Waals surface area contributed by atoms with Gasteiger partial charge in [0.2, 0.25) is 5.91 Å². The van der Waals surface area contributed by atoms with Crippen molar-refractivity contribution in [2.24, 2.45) is 11.8 Å². The number of rotatable bonds is 7. The molecule has 1 aliphatic carbocycles. The van der Waals surface area contributed by atoms with Crippen molar-refractivity contribution in [2.75, 3.05) is 26.2 Å². The van der Waals surface area contributed by atoms with E-state index in [1.807, 2.05) is 36.4 Å². The molecule has 5 nitrogen and oxygen atoms in total. The molecule has 34 heavy (non-hydrogen) atoms. The van der Waals surface area contributed by atoms with Gasteiger partial charge in [-0.2, -0.15) is 0 Å². The maximum absolute atomic E-state index is 13.5. The van der Waals surface area contributed by atoms with E-state index >= 15 is 0 Å². The molecule has 2 heterocycles. The van der Waals surface area contributed by atoms with Gasteiger partial charge in [-0.3, -0.25) is 4.79 Å². The molecule has 0 radical (unpaired) electrons. The van der Waals surface area contributed by atoms with Crippen LogP contribution in [-0.4, -0.2) is 42.1 Å². The van der Waals surface area contributed by atoms with Crippen LogP contribution in [0.25, 0.3) is 17.0 Å². The Morgan fingerprint density at radius 1 is 1.09 bits per heavy atom. The summed E-state index contributed by atoms with van der Waals surface area (Å²) in [6.45, 7) is 3.92. The first kappa shape index (κ1) is 22.8. The van der Waals surface area contributed by atoms with Crippen molar-refractivity contribution in [1.82, 2.24) is 15.4 Å². The van der Waals surface area contributed by atoms with Gasteiger partial charge in [0.1, 0.15) is 5.82 Å². The summed E-state index contributed by atoms with van der Waals surface area (Å²) in [6, 6.07) is 14.6. The molecule has 2 aliphatic rings. The second kappa shape index (κ2) is 10.5. The zero-order chi connectivity index (χ0) is 23.3. The van der Waals surface area contributed by atoms with Crippen LogP contribution in [0.2, 0.25) is 0 Å². The summed E-state index contributed by atoms with van der Waals surface area (Å²) < 4.78 is 18.8. The average Bonchev–Trinajstić information content (AvgIpc) is 3.49. The fourth-order valence-electron chi connectivity index (χ4n) is 5.60. The van der Waals surface area contributed by atoms with E-state index in [2.05, 4.69) is 15.4 Å². The summed E-state index contributed by atoms with van der Waals surface area (Å²) in [5, 5.41) is 8.33. The van der Waals surface area contributed by atoms with Crippen LogP contribution in [0.4, 0.5) is 4.39 Å². The van der Waals surface area contributed by atoms with Gasteiger partial charge in [0.05, 0.1) is 5.69 Å². The summed E-state index contributed by atoms with van der Waals surface area (Å²) in [5.74, 6) is 1.22. The molecule has 6 heteroatoms. The lowest BCUT2D eigenvalue weighted by Gasteiger charge is -2.34. The first-order valence-corrected chi connectivity index (χ1v) is 12.4. The smallest absolute Gasteiger partial charge is 0.244 e. The zero-order valence-electron chi connectivity index (χ0n) is 19.5. The van der Waals surface area contributed by atoms with Crippen LogP contribution in [0.1, 0.15) is 49.3 Å². The molecule has 3 aromatic rings. The minimum atomic E-state index is -0.292. The highest BCUT2D eigenvalue weighted by Gasteiger charge is 2.31. The molecule has 0 unspecified atom stereocenters. The van der Waals surface area contributed by atoms with E-state index in [0.29, 0.717) is 23.3 Å². The van der Waals surface area contributed by atoms with Crippen molar-refractivity contribution in [3.8, 4) is 0 Å². The number of nitrogens with one attached hydrogen (secondary N) is 1. The van der Waals surface area contributed by atoms with Gasteiger partial charge in [-0.05, 0) is 74.4 Å². The van der Waals surface area contributed by atoms with Crippen LogP contribution in [0, 0.1) is 17.7 Å². The average molecular weight is 462 g/mol. The lowest BCUT2D eigenvalue weighted by molar-refractivity contribution is -0.116. The topological polar surface area (TPSA) is 58.4 Å². The van der Waals surface area contributed by atoms with Crippen LogP contribution >= 0.6 is 0 Å². The summed E-state index contributed by atoms with van der Waals surface area (Å²) in [6.07, 6.45) is 9.23. The number of carbonyl (C=O) groups excluding carboxylic acids is 1. The molecular formula is C28H32FN3O2. The van der Waals surface area contributed by atoms with Crippen molar-refractivity contribution >= 4 is 23.0 Å². The van der Waals surface area contributed by atoms with Gasteiger partial charge in [-0.25, -0.2) is 4.39 Å². The number of likely N-dealkylation sites (tertiary alicyclic amines) is 1.